The second-order valence-electron chi connectivity index (χ2n) is 3.15. The fraction of sp³-hybridized carbons (Fsp3) is 0.833. The van der Waals surface area contributed by atoms with Crippen molar-refractivity contribution in [2.24, 2.45) is 5.73 Å². The van der Waals surface area contributed by atoms with Gasteiger partial charge in [0.15, 0.2) is 6.04 Å². The van der Waals surface area contributed by atoms with E-state index in [1.807, 2.05) is 0 Å². The van der Waals surface area contributed by atoms with Crippen LogP contribution >= 0.6 is 0 Å². The van der Waals surface area contributed by atoms with Crippen LogP contribution in [-0.4, -0.2) is 29.2 Å². The highest BCUT2D eigenvalue weighted by molar-refractivity contribution is 5.78. The number of amides is 1. The minimum Gasteiger partial charge on any atom is -0.384 e. The number of hydrogen-bond acceptors (Lipinski definition) is 2. The Morgan fingerprint density at radius 2 is 2.50 bits per heavy atom. The monoisotopic (exact) mass is 145 g/mol. The van der Waals surface area contributed by atoms with E-state index in [9.17, 15) is 9.90 Å². The van der Waals surface area contributed by atoms with Crippen LogP contribution in [0.5, 0.6) is 0 Å². The van der Waals surface area contributed by atoms with Gasteiger partial charge in [-0.1, -0.05) is 0 Å². The molecule has 0 aromatic carbocycles. The minimum absolute atomic E-state index is 0.227. The first-order valence-electron chi connectivity index (χ1n) is 3.36. The van der Waals surface area contributed by atoms with Gasteiger partial charge in [-0.15, -0.1) is 0 Å². The zero-order valence-electron chi connectivity index (χ0n) is 6.00. The Morgan fingerprint density at radius 3 is 2.70 bits per heavy atom. The van der Waals surface area contributed by atoms with Gasteiger partial charge in [-0.05, 0) is 6.92 Å². The molecule has 1 rings (SSSR count). The van der Waals surface area contributed by atoms with Gasteiger partial charge in [-0.25, -0.2) is 0 Å². The van der Waals surface area contributed by atoms with E-state index < -0.39 is 5.60 Å². The molecule has 0 aromatic rings. The Labute approximate surface area is 59.4 Å². The van der Waals surface area contributed by atoms with Crippen molar-refractivity contribution < 1.29 is 15.2 Å². The summed E-state index contributed by atoms with van der Waals surface area (Å²) < 4.78 is 0. The maximum atomic E-state index is 10.6. The van der Waals surface area contributed by atoms with Crippen LogP contribution in [0.3, 0.4) is 0 Å². The Balaban J connectivity index is 2.51. The van der Waals surface area contributed by atoms with Crippen LogP contribution in [0.2, 0.25) is 0 Å². The molecule has 0 radical (unpaired) electrons. The van der Waals surface area contributed by atoms with Crippen LogP contribution in [0.4, 0.5) is 0 Å². The molecule has 0 aromatic heterocycles. The first kappa shape index (κ1) is 7.50. The van der Waals surface area contributed by atoms with Crippen molar-refractivity contribution >= 4 is 5.91 Å². The van der Waals surface area contributed by atoms with Gasteiger partial charge in [0.25, 0.3) is 5.91 Å². The normalized spacial score (nSPS) is 40.0. The number of nitrogens with two attached hydrogens (primary N) is 2. The number of aliphatic hydroxyl groups is 1. The van der Waals surface area contributed by atoms with Crippen LogP contribution in [-0.2, 0) is 4.79 Å². The third kappa shape index (κ3) is 1.46. The summed E-state index contributed by atoms with van der Waals surface area (Å²) in [5, 5.41) is 11.2. The number of quaternary nitrogens is 1. The van der Waals surface area contributed by atoms with Gasteiger partial charge in [0.2, 0.25) is 0 Å². The second kappa shape index (κ2) is 2.21. The molecule has 1 heterocycles. The predicted molar refractivity (Wildman–Crippen MR) is 35.0 cm³/mol. The van der Waals surface area contributed by atoms with Gasteiger partial charge in [0, 0.05) is 6.42 Å². The fourth-order valence-electron chi connectivity index (χ4n) is 1.25. The minimum atomic E-state index is -0.709. The van der Waals surface area contributed by atoms with E-state index in [4.69, 9.17) is 5.73 Å². The van der Waals surface area contributed by atoms with Crippen molar-refractivity contribution in [2.45, 2.75) is 25.0 Å². The molecule has 4 heteroatoms. The molecule has 1 unspecified atom stereocenters. The number of primary amides is 1. The first-order valence-corrected chi connectivity index (χ1v) is 3.36. The summed E-state index contributed by atoms with van der Waals surface area (Å²) in [7, 11) is 0. The maximum absolute atomic E-state index is 10.6. The van der Waals surface area contributed by atoms with Crippen molar-refractivity contribution in [3.8, 4) is 0 Å². The van der Waals surface area contributed by atoms with Gasteiger partial charge in [-0.3, -0.25) is 4.79 Å². The molecule has 0 spiro atoms. The van der Waals surface area contributed by atoms with Crippen molar-refractivity contribution in [3.05, 3.63) is 0 Å². The average Bonchev–Trinajstić information content (AvgIpc) is 2.10. The lowest BCUT2D eigenvalue weighted by molar-refractivity contribution is -0.661. The van der Waals surface area contributed by atoms with E-state index in [0.717, 1.165) is 0 Å². The maximum Gasteiger partial charge on any atom is 0.275 e. The Kier molecular flexibility index (Phi) is 1.66. The molecular weight excluding hydrogens is 132 g/mol. The quantitative estimate of drug-likeness (QED) is 0.383. The Hall–Kier alpha value is -0.610. The molecule has 1 saturated heterocycles. The molecule has 0 aliphatic carbocycles. The van der Waals surface area contributed by atoms with E-state index in [1.54, 1.807) is 12.2 Å². The summed E-state index contributed by atoms with van der Waals surface area (Å²) in [5.41, 5.74) is 4.33. The van der Waals surface area contributed by atoms with Crippen LogP contribution < -0.4 is 11.1 Å². The van der Waals surface area contributed by atoms with Crippen LogP contribution in [0, 0.1) is 0 Å². The smallest absolute Gasteiger partial charge is 0.275 e. The van der Waals surface area contributed by atoms with Crippen LogP contribution in [0.15, 0.2) is 0 Å². The molecule has 58 valence electrons. The number of carbonyl (C=O) groups excluding carboxylic acids is 1. The summed E-state index contributed by atoms with van der Waals surface area (Å²) in [6.07, 6.45) is 0.475. The Bertz CT molecular complexity index is 156. The molecule has 2 atom stereocenters. The van der Waals surface area contributed by atoms with Gasteiger partial charge < -0.3 is 16.2 Å². The van der Waals surface area contributed by atoms with Gasteiger partial charge in [-0.2, -0.15) is 0 Å². The second-order valence-corrected chi connectivity index (χ2v) is 3.15. The van der Waals surface area contributed by atoms with E-state index in [-0.39, 0.29) is 11.9 Å². The van der Waals surface area contributed by atoms with Crippen molar-refractivity contribution in [1.29, 1.82) is 0 Å². The van der Waals surface area contributed by atoms with E-state index in [2.05, 4.69) is 0 Å². The molecule has 5 N–H and O–H groups in total. The largest absolute Gasteiger partial charge is 0.384 e. The summed E-state index contributed by atoms with van der Waals surface area (Å²) in [6, 6.07) is -0.227. The molecule has 0 bridgehead atoms. The van der Waals surface area contributed by atoms with E-state index in [1.165, 1.54) is 0 Å². The Morgan fingerprint density at radius 1 is 1.90 bits per heavy atom. The third-order valence-corrected chi connectivity index (χ3v) is 1.87. The zero-order valence-corrected chi connectivity index (χ0v) is 6.00. The SMILES string of the molecule is CC1(O)C[NH2+][C@H](C(N)=O)C1. The lowest BCUT2D eigenvalue weighted by Gasteiger charge is -2.08. The summed E-state index contributed by atoms with van der Waals surface area (Å²) in [6.45, 7) is 2.28. The fourth-order valence-corrected chi connectivity index (χ4v) is 1.25. The highest BCUT2D eigenvalue weighted by atomic mass is 16.3. The number of carbonyl (C=O) groups is 1. The lowest BCUT2D eigenvalue weighted by Crippen LogP contribution is -2.90. The average molecular weight is 145 g/mol. The summed E-state index contributed by atoms with van der Waals surface area (Å²) in [4.78, 5) is 10.6. The zero-order chi connectivity index (χ0) is 7.78. The summed E-state index contributed by atoms with van der Waals surface area (Å²) in [5.74, 6) is -0.335. The lowest BCUT2D eigenvalue weighted by atomic mass is 10.0. The van der Waals surface area contributed by atoms with Crippen molar-refractivity contribution in [3.63, 3.8) is 0 Å². The molecule has 1 fully saturated rings. The first-order chi connectivity index (χ1) is 4.51. The topological polar surface area (TPSA) is 79.9 Å². The van der Waals surface area contributed by atoms with Crippen molar-refractivity contribution in [2.75, 3.05) is 6.54 Å². The summed E-state index contributed by atoms with van der Waals surface area (Å²) >= 11 is 0. The van der Waals surface area contributed by atoms with Gasteiger partial charge in [0.05, 0.1) is 0 Å². The predicted octanol–water partition coefficient (Wildman–Crippen LogP) is -2.44. The van der Waals surface area contributed by atoms with Crippen LogP contribution in [0.1, 0.15) is 13.3 Å². The van der Waals surface area contributed by atoms with Gasteiger partial charge >= 0.3 is 0 Å². The van der Waals surface area contributed by atoms with E-state index in [0.29, 0.717) is 13.0 Å². The molecule has 1 amide bonds. The highest BCUT2D eigenvalue weighted by Gasteiger charge is 2.39. The van der Waals surface area contributed by atoms with E-state index >= 15 is 0 Å². The molecule has 0 saturated carbocycles. The molecular formula is C6H13N2O2+. The molecule has 10 heavy (non-hydrogen) atoms. The van der Waals surface area contributed by atoms with Gasteiger partial charge in [0.1, 0.15) is 12.1 Å². The standard InChI is InChI=1S/C6H12N2O2/c1-6(10)2-4(5(7)9)8-3-6/h4,8,10H,2-3H2,1H3,(H2,7,9)/p+1/t4-,6?/m0/s1. The molecule has 4 nitrogen and oxygen atoms in total. The van der Waals surface area contributed by atoms with Crippen molar-refractivity contribution in [1.82, 2.24) is 0 Å². The molecule has 1 aliphatic rings. The highest BCUT2D eigenvalue weighted by Crippen LogP contribution is 2.11. The molecule has 1 aliphatic heterocycles. The third-order valence-electron chi connectivity index (χ3n) is 1.87. The van der Waals surface area contributed by atoms with Crippen LogP contribution in [0.25, 0.3) is 0 Å². The number of hydrogen-bond donors (Lipinski definition) is 3. The number of rotatable bonds is 1.